The highest BCUT2D eigenvalue weighted by atomic mass is 16.3. The Bertz CT molecular complexity index is 539. The molecule has 1 unspecified atom stereocenters. The Hall–Kier alpha value is -1.28. The lowest BCUT2D eigenvalue weighted by Gasteiger charge is -2.32. The number of nitrogens with one attached hydrogen (secondary N) is 1. The Morgan fingerprint density at radius 2 is 2.06 bits per heavy atom. The number of fused-ring (bicyclic) bond motifs is 3. The molecular formula is C14H17NO. The third-order valence-corrected chi connectivity index (χ3v) is 3.56. The number of para-hydroxylation sites is 1. The first-order valence-corrected chi connectivity index (χ1v) is 5.84. The summed E-state index contributed by atoms with van der Waals surface area (Å²) < 4.78 is 0. The molecule has 1 aromatic carbocycles. The molecule has 0 amide bonds. The van der Waals surface area contributed by atoms with E-state index in [0.717, 1.165) is 23.9 Å². The number of aromatic nitrogens is 1. The summed E-state index contributed by atoms with van der Waals surface area (Å²) in [4.78, 5) is 3.44. The van der Waals surface area contributed by atoms with E-state index in [9.17, 15) is 5.11 Å². The third kappa shape index (κ3) is 1.37. The maximum absolute atomic E-state index is 10.3. The highest BCUT2D eigenvalue weighted by Crippen LogP contribution is 2.43. The first kappa shape index (κ1) is 9.91. The summed E-state index contributed by atoms with van der Waals surface area (Å²) in [5, 5.41) is 11.4. The van der Waals surface area contributed by atoms with Crippen LogP contribution in [0.3, 0.4) is 0 Å². The van der Waals surface area contributed by atoms with Gasteiger partial charge in [0.25, 0.3) is 0 Å². The van der Waals surface area contributed by atoms with E-state index in [2.05, 4.69) is 31.0 Å². The minimum Gasteiger partial charge on any atom is -0.388 e. The van der Waals surface area contributed by atoms with Gasteiger partial charge in [0.2, 0.25) is 0 Å². The van der Waals surface area contributed by atoms with Crippen molar-refractivity contribution in [1.29, 1.82) is 0 Å². The molecule has 0 aliphatic heterocycles. The molecule has 0 saturated carbocycles. The SMILES string of the molecule is CC1(C)Cc2[nH]c3ccccc3c2C(O)C1. The first-order chi connectivity index (χ1) is 7.57. The van der Waals surface area contributed by atoms with Gasteiger partial charge in [0.05, 0.1) is 6.10 Å². The number of H-pyrrole nitrogens is 1. The van der Waals surface area contributed by atoms with Crippen molar-refractivity contribution >= 4 is 10.9 Å². The number of rotatable bonds is 0. The molecule has 0 bridgehead atoms. The molecule has 1 aliphatic rings. The van der Waals surface area contributed by atoms with E-state index in [0.29, 0.717) is 0 Å². The predicted octanol–water partition coefficient (Wildman–Crippen LogP) is 3.17. The van der Waals surface area contributed by atoms with Gasteiger partial charge in [-0.15, -0.1) is 0 Å². The van der Waals surface area contributed by atoms with E-state index in [-0.39, 0.29) is 11.5 Å². The Morgan fingerprint density at radius 1 is 1.31 bits per heavy atom. The second-order valence-corrected chi connectivity index (χ2v) is 5.62. The van der Waals surface area contributed by atoms with Gasteiger partial charge in [-0.05, 0) is 24.3 Å². The summed E-state index contributed by atoms with van der Waals surface area (Å²) in [6, 6.07) is 8.23. The first-order valence-electron chi connectivity index (χ1n) is 5.84. The van der Waals surface area contributed by atoms with Crippen LogP contribution in [0.5, 0.6) is 0 Å². The zero-order valence-corrected chi connectivity index (χ0v) is 9.75. The lowest BCUT2D eigenvalue weighted by atomic mass is 9.75. The van der Waals surface area contributed by atoms with Gasteiger partial charge in [-0.1, -0.05) is 32.0 Å². The van der Waals surface area contributed by atoms with Crippen molar-refractivity contribution in [3.63, 3.8) is 0 Å². The number of aliphatic hydroxyl groups is 1. The van der Waals surface area contributed by atoms with Gasteiger partial charge < -0.3 is 10.1 Å². The van der Waals surface area contributed by atoms with Gasteiger partial charge in [-0.25, -0.2) is 0 Å². The van der Waals surface area contributed by atoms with Crippen molar-refractivity contribution in [1.82, 2.24) is 4.98 Å². The van der Waals surface area contributed by atoms with Crippen LogP contribution in [0, 0.1) is 5.41 Å². The Morgan fingerprint density at radius 3 is 2.88 bits per heavy atom. The molecule has 16 heavy (non-hydrogen) atoms. The van der Waals surface area contributed by atoms with Crippen LogP contribution in [0.4, 0.5) is 0 Å². The molecule has 1 heterocycles. The Kier molecular flexibility index (Phi) is 1.93. The van der Waals surface area contributed by atoms with Crippen LogP contribution in [-0.2, 0) is 6.42 Å². The van der Waals surface area contributed by atoms with Gasteiger partial charge >= 0.3 is 0 Å². The van der Waals surface area contributed by atoms with Gasteiger partial charge in [0, 0.05) is 22.2 Å². The van der Waals surface area contributed by atoms with Crippen molar-refractivity contribution in [2.75, 3.05) is 0 Å². The summed E-state index contributed by atoms with van der Waals surface area (Å²) in [7, 11) is 0. The quantitative estimate of drug-likeness (QED) is 0.695. The maximum atomic E-state index is 10.3. The number of hydrogen-bond donors (Lipinski definition) is 2. The number of aliphatic hydroxyl groups excluding tert-OH is 1. The third-order valence-electron chi connectivity index (χ3n) is 3.56. The topological polar surface area (TPSA) is 36.0 Å². The number of benzene rings is 1. The molecule has 1 aliphatic carbocycles. The molecule has 0 fully saturated rings. The second-order valence-electron chi connectivity index (χ2n) is 5.62. The van der Waals surface area contributed by atoms with E-state index in [1.54, 1.807) is 0 Å². The van der Waals surface area contributed by atoms with Gasteiger partial charge in [0.15, 0.2) is 0 Å². The molecule has 0 saturated heterocycles. The van der Waals surface area contributed by atoms with Crippen molar-refractivity contribution in [3.05, 3.63) is 35.5 Å². The van der Waals surface area contributed by atoms with Crippen LogP contribution in [0.1, 0.15) is 37.6 Å². The van der Waals surface area contributed by atoms with Crippen LogP contribution in [0.2, 0.25) is 0 Å². The smallest absolute Gasteiger partial charge is 0.0818 e. The van der Waals surface area contributed by atoms with Crippen LogP contribution in [0.25, 0.3) is 10.9 Å². The molecule has 2 heteroatoms. The number of hydrogen-bond acceptors (Lipinski definition) is 1. The van der Waals surface area contributed by atoms with Crippen molar-refractivity contribution in [3.8, 4) is 0 Å². The van der Waals surface area contributed by atoms with E-state index >= 15 is 0 Å². The van der Waals surface area contributed by atoms with Gasteiger partial charge in [0.1, 0.15) is 0 Å². The molecule has 1 atom stereocenters. The molecule has 2 N–H and O–H groups in total. The van der Waals surface area contributed by atoms with Gasteiger partial charge in [-0.2, -0.15) is 0 Å². The van der Waals surface area contributed by atoms with E-state index in [1.165, 1.54) is 11.1 Å². The fraction of sp³-hybridized carbons (Fsp3) is 0.429. The summed E-state index contributed by atoms with van der Waals surface area (Å²) in [5.41, 5.74) is 3.66. The van der Waals surface area contributed by atoms with E-state index in [1.807, 2.05) is 12.1 Å². The fourth-order valence-electron chi connectivity index (χ4n) is 2.92. The molecule has 0 radical (unpaired) electrons. The minimum atomic E-state index is -0.324. The number of aromatic amines is 1. The van der Waals surface area contributed by atoms with Crippen LogP contribution >= 0.6 is 0 Å². The average Bonchev–Trinajstić information content (AvgIpc) is 2.52. The van der Waals surface area contributed by atoms with Crippen LogP contribution in [0.15, 0.2) is 24.3 Å². The summed E-state index contributed by atoms with van der Waals surface area (Å²) >= 11 is 0. The van der Waals surface area contributed by atoms with E-state index < -0.39 is 0 Å². The minimum absolute atomic E-state index is 0.188. The normalized spacial score (nSPS) is 23.3. The highest BCUT2D eigenvalue weighted by Gasteiger charge is 2.33. The average molecular weight is 215 g/mol. The molecule has 0 spiro atoms. The molecule has 84 valence electrons. The molecule has 3 rings (SSSR count). The second kappa shape index (κ2) is 3.11. The lowest BCUT2D eigenvalue weighted by molar-refractivity contribution is 0.100. The highest BCUT2D eigenvalue weighted by molar-refractivity contribution is 5.85. The summed E-state index contributed by atoms with van der Waals surface area (Å²) in [5.74, 6) is 0. The maximum Gasteiger partial charge on any atom is 0.0818 e. The standard InChI is InChI=1S/C14H17NO/c1-14(2)7-11-13(12(16)8-14)9-5-3-4-6-10(9)15-11/h3-6,12,15-16H,7-8H2,1-2H3. The van der Waals surface area contributed by atoms with Crippen molar-refractivity contribution in [2.45, 2.75) is 32.8 Å². The van der Waals surface area contributed by atoms with Crippen LogP contribution < -0.4 is 0 Å². The zero-order chi connectivity index (χ0) is 11.3. The Labute approximate surface area is 95.3 Å². The van der Waals surface area contributed by atoms with Crippen molar-refractivity contribution in [2.24, 2.45) is 5.41 Å². The fourth-order valence-corrected chi connectivity index (χ4v) is 2.92. The summed E-state index contributed by atoms with van der Waals surface area (Å²) in [6.45, 7) is 4.43. The lowest BCUT2D eigenvalue weighted by Crippen LogP contribution is -2.25. The molecule has 2 aromatic rings. The Balaban J connectivity index is 2.25. The molecular weight excluding hydrogens is 198 g/mol. The summed E-state index contributed by atoms with van der Waals surface area (Å²) in [6.07, 6.45) is 1.55. The van der Waals surface area contributed by atoms with Gasteiger partial charge in [-0.3, -0.25) is 0 Å². The molecule has 2 nitrogen and oxygen atoms in total. The van der Waals surface area contributed by atoms with Crippen molar-refractivity contribution < 1.29 is 5.11 Å². The zero-order valence-electron chi connectivity index (χ0n) is 9.75. The largest absolute Gasteiger partial charge is 0.388 e. The molecule has 1 aromatic heterocycles. The predicted molar refractivity (Wildman–Crippen MR) is 65.4 cm³/mol. The van der Waals surface area contributed by atoms with Crippen LogP contribution in [-0.4, -0.2) is 10.1 Å². The monoisotopic (exact) mass is 215 g/mol. The van der Waals surface area contributed by atoms with E-state index in [4.69, 9.17) is 0 Å².